The van der Waals surface area contributed by atoms with Gasteiger partial charge in [0.05, 0.1) is 19.8 Å². The van der Waals surface area contributed by atoms with Gasteiger partial charge in [0.1, 0.15) is 12.0 Å². The maximum absolute atomic E-state index is 12.4. The summed E-state index contributed by atoms with van der Waals surface area (Å²) in [5.41, 5.74) is 0.802. The molecule has 1 fully saturated rings. The minimum Gasteiger partial charge on any atom is -0.504 e. The number of cyclic esters (lactones) is 1. The van der Waals surface area contributed by atoms with E-state index in [0.717, 1.165) is 0 Å². The van der Waals surface area contributed by atoms with Crippen LogP contribution in [0.1, 0.15) is 17.2 Å². The molecule has 146 valence electrons. The first-order valence-corrected chi connectivity index (χ1v) is 8.25. The van der Waals surface area contributed by atoms with Crippen LogP contribution < -0.4 is 9.47 Å². The van der Waals surface area contributed by atoms with Gasteiger partial charge >= 0.3 is 11.9 Å². The number of carbonyl (C=O) groups is 2. The standard InChI is InChI=1S/C20H18O8/c1-26-15-8-10(3-5-13(15)21)7-12-17(19(23)24)18(28-20(12)25)11-4-6-14(22)16(9-11)27-2/h3-9,17-18,21-22H,1-2H3,(H,23,24)/b12-7-/t17-,18+/m0/s1. The number of rotatable bonds is 5. The Hall–Kier alpha value is -3.68. The van der Waals surface area contributed by atoms with Gasteiger partial charge in [0.2, 0.25) is 0 Å². The molecule has 0 aromatic heterocycles. The number of phenolic OH excluding ortho intramolecular Hbond substituents is 2. The molecule has 0 saturated carbocycles. The SMILES string of the molecule is COc1cc(/C=C2\C(=O)O[C@H](c3ccc(O)c(OC)c3)[C@H]2C(=O)O)ccc1O. The van der Waals surface area contributed by atoms with Gasteiger partial charge in [-0.2, -0.15) is 0 Å². The molecule has 0 radical (unpaired) electrons. The molecule has 8 heteroatoms. The molecule has 8 nitrogen and oxygen atoms in total. The molecule has 3 N–H and O–H groups in total. The number of aliphatic carboxylic acids is 1. The minimum atomic E-state index is -1.26. The van der Waals surface area contributed by atoms with Crippen molar-refractivity contribution in [2.75, 3.05) is 14.2 Å². The zero-order valence-electron chi connectivity index (χ0n) is 15.1. The molecule has 3 rings (SSSR count). The fourth-order valence-corrected chi connectivity index (χ4v) is 3.05. The first-order valence-electron chi connectivity index (χ1n) is 8.25. The zero-order chi connectivity index (χ0) is 20.4. The van der Waals surface area contributed by atoms with Crippen LogP contribution in [0.5, 0.6) is 23.0 Å². The van der Waals surface area contributed by atoms with E-state index >= 15 is 0 Å². The number of carboxylic acid groups (broad SMARTS) is 1. The summed E-state index contributed by atoms with van der Waals surface area (Å²) in [6.07, 6.45) is 0.311. The lowest BCUT2D eigenvalue weighted by atomic mass is 9.90. The molecule has 1 aliphatic heterocycles. The number of phenols is 2. The Morgan fingerprint density at radius 2 is 1.64 bits per heavy atom. The summed E-state index contributed by atoms with van der Waals surface area (Å²) >= 11 is 0. The number of carboxylic acids is 1. The van der Waals surface area contributed by atoms with Crippen molar-refractivity contribution in [3.05, 3.63) is 53.1 Å². The first kappa shape index (κ1) is 19.1. The number of methoxy groups -OCH3 is 2. The zero-order valence-corrected chi connectivity index (χ0v) is 15.1. The molecular weight excluding hydrogens is 368 g/mol. The molecule has 0 amide bonds. The van der Waals surface area contributed by atoms with Crippen LogP contribution in [0, 0.1) is 5.92 Å². The molecular formula is C20H18O8. The Balaban J connectivity index is 2.03. The van der Waals surface area contributed by atoms with E-state index in [4.69, 9.17) is 14.2 Å². The van der Waals surface area contributed by atoms with Gasteiger partial charge in [-0.05, 0) is 41.5 Å². The van der Waals surface area contributed by atoms with Crippen molar-refractivity contribution >= 4 is 18.0 Å². The molecule has 2 atom stereocenters. The van der Waals surface area contributed by atoms with E-state index in [1.54, 1.807) is 0 Å². The van der Waals surface area contributed by atoms with E-state index in [0.29, 0.717) is 11.1 Å². The van der Waals surface area contributed by atoms with Gasteiger partial charge in [0, 0.05) is 0 Å². The maximum Gasteiger partial charge on any atom is 0.335 e. The van der Waals surface area contributed by atoms with Gasteiger partial charge in [-0.15, -0.1) is 0 Å². The Bertz CT molecular complexity index is 963. The Morgan fingerprint density at radius 3 is 2.25 bits per heavy atom. The van der Waals surface area contributed by atoms with Gasteiger partial charge < -0.3 is 29.5 Å². The molecule has 1 heterocycles. The van der Waals surface area contributed by atoms with E-state index in [9.17, 15) is 24.9 Å². The average molecular weight is 386 g/mol. The van der Waals surface area contributed by atoms with Crippen molar-refractivity contribution < 1.29 is 39.1 Å². The van der Waals surface area contributed by atoms with Crippen molar-refractivity contribution in [1.82, 2.24) is 0 Å². The highest BCUT2D eigenvalue weighted by atomic mass is 16.6. The molecule has 28 heavy (non-hydrogen) atoms. The Labute approximate surface area is 160 Å². The smallest absolute Gasteiger partial charge is 0.335 e. The largest absolute Gasteiger partial charge is 0.504 e. The van der Waals surface area contributed by atoms with Gasteiger partial charge in [-0.3, -0.25) is 4.79 Å². The second-order valence-electron chi connectivity index (χ2n) is 6.10. The van der Waals surface area contributed by atoms with Crippen molar-refractivity contribution in [2.45, 2.75) is 6.10 Å². The summed E-state index contributed by atoms with van der Waals surface area (Å²) in [7, 11) is 2.74. The number of hydrogen-bond acceptors (Lipinski definition) is 7. The van der Waals surface area contributed by atoms with E-state index < -0.39 is 24.0 Å². The number of benzene rings is 2. The first-order chi connectivity index (χ1) is 13.3. The summed E-state index contributed by atoms with van der Waals surface area (Å²) in [6.45, 7) is 0. The minimum absolute atomic E-state index is 0.0442. The monoisotopic (exact) mass is 386 g/mol. The van der Waals surface area contributed by atoms with Crippen LogP contribution in [0.2, 0.25) is 0 Å². The van der Waals surface area contributed by atoms with E-state index in [2.05, 4.69) is 0 Å². The van der Waals surface area contributed by atoms with Crippen molar-refractivity contribution in [2.24, 2.45) is 5.92 Å². The van der Waals surface area contributed by atoms with Crippen LogP contribution >= 0.6 is 0 Å². The third-order valence-corrected chi connectivity index (χ3v) is 4.43. The summed E-state index contributed by atoms with van der Waals surface area (Å²) in [5, 5.41) is 29.1. The van der Waals surface area contributed by atoms with E-state index in [1.807, 2.05) is 0 Å². The van der Waals surface area contributed by atoms with Crippen LogP contribution in [-0.2, 0) is 14.3 Å². The molecule has 0 bridgehead atoms. The van der Waals surface area contributed by atoms with Crippen LogP contribution in [0.4, 0.5) is 0 Å². The lowest BCUT2D eigenvalue weighted by Crippen LogP contribution is -2.19. The van der Waals surface area contributed by atoms with Crippen LogP contribution in [0.25, 0.3) is 6.08 Å². The molecule has 0 spiro atoms. The molecule has 2 aromatic carbocycles. The number of esters is 1. The fourth-order valence-electron chi connectivity index (χ4n) is 3.05. The van der Waals surface area contributed by atoms with Gasteiger partial charge in [0.25, 0.3) is 0 Å². The summed E-state index contributed by atoms with van der Waals surface area (Å²) in [6, 6.07) is 8.62. The normalized spacial score (nSPS) is 20.1. The van der Waals surface area contributed by atoms with Crippen LogP contribution in [0.15, 0.2) is 42.0 Å². The van der Waals surface area contributed by atoms with Crippen molar-refractivity contribution in [3.63, 3.8) is 0 Å². The molecule has 1 saturated heterocycles. The summed E-state index contributed by atoms with van der Waals surface area (Å²) in [5.74, 6) is -3.14. The van der Waals surface area contributed by atoms with E-state index in [-0.39, 0.29) is 28.6 Å². The average Bonchev–Trinajstić information content (AvgIpc) is 3.00. The van der Waals surface area contributed by atoms with Crippen molar-refractivity contribution in [3.8, 4) is 23.0 Å². The number of aromatic hydroxyl groups is 2. The predicted molar refractivity (Wildman–Crippen MR) is 97.3 cm³/mol. The quantitative estimate of drug-likeness (QED) is 0.529. The number of hydrogen-bond donors (Lipinski definition) is 3. The van der Waals surface area contributed by atoms with Gasteiger partial charge in [0.15, 0.2) is 23.0 Å². The Kier molecular flexibility index (Phi) is 5.12. The topological polar surface area (TPSA) is 123 Å². The molecule has 0 aliphatic carbocycles. The number of carbonyl (C=O) groups excluding carboxylic acids is 1. The molecule has 0 unspecified atom stereocenters. The predicted octanol–water partition coefficient (Wildman–Crippen LogP) is 2.50. The van der Waals surface area contributed by atoms with E-state index in [1.165, 1.54) is 56.7 Å². The lowest BCUT2D eigenvalue weighted by Gasteiger charge is -2.16. The second kappa shape index (κ2) is 7.51. The van der Waals surface area contributed by atoms with Gasteiger partial charge in [-0.25, -0.2) is 4.79 Å². The van der Waals surface area contributed by atoms with Crippen LogP contribution in [0.3, 0.4) is 0 Å². The highest BCUT2D eigenvalue weighted by Crippen LogP contribution is 2.42. The third kappa shape index (κ3) is 3.44. The fraction of sp³-hybridized carbons (Fsp3) is 0.200. The van der Waals surface area contributed by atoms with Crippen molar-refractivity contribution in [1.29, 1.82) is 0 Å². The Morgan fingerprint density at radius 1 is 1.04 bits per heavy atom. The van der Waals surface area contributed by atoms with Gasteiger partial charge in [-0.1, -0.05) is 12.1 Å². The second-order valence-corrected chi connectivity index (χ2v) is 6.10. The number of ether oxygens (including phenoxy) is 3. The summed E-state index contributed by atoms with van der Waals surface area (Å²) < 4.78 is 15.4. The lowest BCUT2D eigenvalue weighted by molar-refractivity contribution is -0.144. The highest BCUT2D eigenvalue weighted by molar-refractivity contribution is 6.02. The highest BCUT2D eigenvalue weighted by Gasteiger charge is 2.45. The third-order valence-electron chi connectivity index (χ3n) is 4.43. The van der Waals surface area contributed by atoms with Crippen LogP contribution in [-0.4, -0.2) is 41.5 Å². The summed E-state index contributed by atoms with van der Waals surface area (Å²) in [4.78, 5) is 24.3. The molecule has 1 aliphatic rings. The molecule has 2 aromatic rings. The maximum atomic E-state index is 12.4.